The zero-order valence-corrected chi connectivity index (χ0v) is 16.8. The fourth-order valence-electron chi connectivity index (χ4n) is 3.39. The van der Waals surface area contributed by atoms with Gasteiger partial charge in [-0.1, -0.05) is 66.7 Å². The van der Waals surface area contributed by atoms with E-state index < -0.39 is 23.9 Å². The number of esters is 1. The topological polar surface area (TPSA) is 84.5 Å². The summed E-state index contributed by atoms with van der Waals surface area (Å²) in [6, 6.07) is 25.5. The Morgan fingerprint density at radius 2 is 1.29 bits per heavy atom. The van der Waals surface area contributed by atoms with Crippen LogP contribution in [0.4, 0.5) is 0 Å². The Labute approximate surface area is 178 Å². The van der Waals surface area contributed by atoms with Gasteiger partial charge in [-0.05, 0) is 46.7 Å². The lowest BCUT2D eigenvalue weighted by Crippen LogP contribution is -2.46. The maximum atomic E-state index is 13.1. The van der Waals surface area contributed by atoms with Crippen LogP contribution < -0.4 is 10.9 Å². The van der Waals surface area contributed by atoms with Crippen LogP contribution in [0.2, 0.25) is 0 Å². The van der Waals surface area contributed by atoms with Crippen LogP contribution in [-0.4, -0.2) is 23.9 Å². The molecule has 154 valence electrons. The third-order valence-corrected chi connectivity index (χ3v) is 4.96. The predicted octanol–water partition coefficient (Wildman–Crippen LogP) is 4.00. The molecule has 1 atom stereocenters. The summed E-state index contributed by atoms with van der Waals surface area (Å²) in [5.74, 6) is -1.71. The second kappa shape index (κ2) is 8.67. The fraction of sp³-hybridized carbons (Fsp3) is 0.0800. The molecule has 0 saturated heterocycles. The maximum absolute atomic E-state index is 13.1. The summed E-state index contributed by atoms with van der Waals surface area (Å²) in [7, 11) is 0. The van der Waals surface area contributed by atoms with Crippen molar-refractivity contribution in [2.45, 2.75) is 13.0 Å². The molecule has 0 aliphatic heterocycles. The van der Waals surface area contributed by atoms with E-state index in [0.717, 1.165) is 21.5 Å². The lowest BCUT2D eigenvalue weighted by molar-refractivity contribution is -0.129. The molecule has 0 fully saturated rings. The van der Waals surface area contributed by atoms with Crippen molar-refractivity contribution in [3.63, 3.8) is 0 Å². The van der Waals surface area contributed by atoms with E-state index in [1.54, 1.807) is 30.3 Å². The number of hydrogen-bond acceptors (Lipinski definition) is 4. The Kier molecular flexibility index (Phi) is 5.62. The number of carbonyl (C=O) groups is 3. The first-order valence-electron chi connectivity index (χ1n) is 9.81. The summed E-state index contributed by atoms with van der Waals surface area (Å²) in [6.45, 7) is 1.45. The molecule has 6 heteroatoms. The number of carbonyl (C=O) groups excluding carboxylic acids is 3. The van der Waals surface area contributed by atoms with E-state index in [1.165, 1.54) is 6.92 Å². The molecule has 4 aromatic carbocycles. The average Bonchev–Trinajstić information content (AvgIpc) is 2.81. The molecule has 2 N–H and O–H groups in total. The number of amides is 2. The number of nitrogens with one attached hydrogen (secondary N) is 2. The molecule has 0 radical (unpaired) electrons. The number of hydrazine groups is 1. The minimum Gasteiger partial charge on any atom is -0.449 e. The third-order valence-electron chi connectivity index (χ3n) is 4.96. The molecule has 6 nitrogen and oxygen atoms in total. The molecule has 4 rings (SSSR count). The summed E-state index contributed by atoms with van der Waals surface area (Å²) >= 11 is 0. The highest BCUT2D eigenvalue weighted by Crippen LogP contribution is 2.29. The molecule has 4 aromatic rings. The smallest absolute Gasteiger partial charge is 0.340 e. The van der Waals surface area contributed by atoms with Crippen molar-refractivity contribution < 1.29 is 19.1 Å². The van der Waals surface area contributed by atoms with Crippen LogP contribution in [0.15, 0.2) is 84.9 Å². The number of rotatable bonds is 4. The van der Waals surface area contributed by atoms with Gasteiger partial charge >= 0.3 is 5.97 Å². The second-order valence-electron chi connectivity index (χ2n) is 7.05. The molecule has 0 spiro atoms. The molecule has 0 unspecified atom stereocenters. The van der Waals surface area contributed by atoms with Crippen molar-refractivity contribution in [1.82, 2.24) is 10.9 Å². The average molecular weight is 412 g/mol. The Balaban J connectivity index is 1.51. The van der Waals surface area contributed by atoms with E-state index >= 15 is 0 Å². The van der Waals surface area contributed by atoms with Crippen LogP contribution in [0.5, 0.6) is 0 Å². The Morgan fingerprint density at radius 3 is 1.90 bits per heavy atom. The van der Waals surface area contributed by atoms with Gasteiger partial charge in [0, 0.05) is 5.56 Å². The van der Waals surface area contributed by atoms with Crippen LogP contribution >= 0.6 is 0 Å². The molecule has 0 aliphatic rings. The Bertz CT molecular complexity index is 1230. The van der Waals surface area contributed by atoms with Crippen LogP contribution in [0.1, 0.15) is 27.6 Å². The molecule has 0 heterocycles. The van der Waals surface area contributed by atoms with Crippen molar-refractivity contribution >= 4 is 39.3 Å². The summed E-state index contributed by atoms with van der Waals surface area (Å²) in [5, 5.41) is 3.30. The molecule has 0 saturated carbocycles. The minimum atomic E-state index is -1.11. The summed E-state index contributed by atoms with van der Waals surface area (Å²) < 4.78 is 5.45. The molecule has 0 bridgehead atoms. The van der Waals surface area contributed by atoms with E-state index in [2.05, 4.69) is 10.9 Å². The van der Waals surface area contributed by atoms with Crippen LogP contribution in [0.25, 0.3) is 21.5 Å². The third kappa shape index (κ3) is 4.23. The SMILES string of the molecule is C[C@H](OC(=O)c1c2ccccc2cc2ccccc12)C(=O)NNC(=O)c1ccccc1. The first-order valence-corrected chi connectivity index (χ1v) is 9.81. The van der Waals surface area contributed by atoms with E-state index in [9.17, 15) is 14.4 Å². The van der Waals surface area contributed by atoms with Crippen molar-refractivity contribution in [2.75, 3.05) is 0 Å². The zero-order chi connectivity index (χ0) is 21.8. The number of hydrogen-bond donors (Lipinski definition) is 2. The molecule has 2 amide bonds. The lowest BCUT2D eigenvalue weighted by Gasteiger charge is -2.16. The summed E-state index contributed by atoms with van der Waals surface area (Å²) in [5.41, 5.74) is 5.42. The normalized spacial score (nSPS) is 11.6. The second-order valence-corrected chi connectivity index (χ2v) is 7.05. The molecular weight excluding hydrogens is 392 g/mol. The highest BCUT2D eigenvalue weighted by molar-refractivity contribution is 6.16. The van der Waals surface area contributed by atoms with E-state index in [-0.39, 0.29) is 0 Å². The summed E-state index contributed by atoms with van der Waals surface area (Å²) in [6.07, 6.45) is -1.11. The summed E-state index contributed by atoms with van der Waals surface area (Å²) in [4.78, 5) is 37.5. The largest absolute Gasteiger partial charge is 0.449 e. The van der Waals surface area contributed by atoms with Crippen LogP contribution in [-0.2, 0) is 9.53 Å². The van der Waals surface area contributed by atoms with Gasteiger partial charge in [0.1, 0.15) is 0 Å². The maximum Gasteiger partial charge on any atom is 0.340 e. The number of fused-ring (bicyclic) bond motifs is 2. The van der Waals surface area contributed by atoms with Gasteiger partial charge < -0.3 is 4.74 Å². The fourth-order valence-corrected chi connectivity index (χ4v) is 3.39. The highest BCUT2D eigenvalue weighted by Gasteiger charge is 2.22. The lowest BCUT2D eigenvalue weighted by atomic mass is 9.97. The van der Waals surface area contributed by atoms with E-state index in [0.29, 0.717) is 11.1 Å². The molecule has 31 heavy (non-hydrogen) atoms. The highest BCUT2D eigenvalue weighted by atomic mass is 16.5. The van der Waals surface area contributed by atoms with E-state index in [4.69, 9.17) is 4.74 Å². The van der Waals surface area contributed by atoms with Gasteiger partial charge in [0.05, 0.1) is 5.56 Å². The van der Waals surface area contributed by atoms with Gasteiger partial charge in [-0.2, -0.15) is 0 Å². The minimum absolute atomic E-state index is 0.398. The number of ether oxygens (including phenoxy) is 1. The first-order chi connectivity index (χ1) is 15.0. The molecule has 0 aromatic heterocycles. The van der Waals surface area contributed by atoms with Crippen LogP contribution in [0, 0.1) is 0 Å². The Hall–Kier alpha value is -4.19. The van der Waals surface area contributed by atoms with Crippen LogP contribution in [0.3, 0.4) is 0 Å². The standard InChI is InChI=1S/C25H20N2O4/c1-16(23(28)26-27-24(29)17-9-3-2-4-10-17)31-25(30)22-20-13-7-5-11-18(20)15-19-12-6-8-14-21(19)22/h2-16H,1H3,(H,26,28)(H,27,29)/t16-/m0/s1. The molecule has 0 aliphatic carbocycles. The van der Waals surface area contributed by atoms with Crippen molar-refractivity contribution in [2.24, 2.45) is 0 Å². The van der Waals surface area contributed by atoms with Gasteiger partial charge in [-0.15, -0.1) is 0 Å². The monoisotopic (exact) mass is 412 g/mol. The van der Waals surface area contributed by atoms with Gasteiger partial charge in [-0.3, -0.25) is 20.4 Å². The van der Waals surface area contributed by atoms with Gasteiger partial charge in [0.2, 0.25) is 0 Å². The van der Waals surface area contributed by atoms with E-state index in [1.807, 2.05) is 54.6 Å². The van der Waals surface area contributed by atoms with Gasteiger partial charge in [0.25, 0.3) is 11.8 Å². The first kappa shape index (κ1) is 20.1. The van der Waals surface area contributed by atoms with Gasteiger partial charge in [0.15, 0.2) is 6.10 Å². The van der Waals surface area contributed by atoms with Crippen molar-refractivity contribution in [1.29, 1.82) is 0 Å². The molecular formula is C25H20N2O4. The van der Waals surface area contributed by atoms with Crippen molar-refractivity contribution in [3.05, 3.63) is 96.1 Å². The number of benzene rings is 4. The van der Waals surface area contributed by atoms with Gasteiger partial charge in [-0.25, -0.2) is 4.79 Å². The quantitative estimate of drug-likeness (QED) is 0.301. The van der Waals surface area contributed by atoms with Crippen molar-refractivity contribution in [3.8, 4) is 0 Å². The zero-order valence-electron chi connectivity index (χ0n) is 16.8. The Morgan fingerprint density at radius 1 is 0.742 bits per heavy atom. The predicted molar refractivity (Wildman–Crippen MR) is 118 cm³/mol.